The number of carbonyl (C=O) groups is 2. The number of nitrogens with one attached hydrogen (secondary N) is 1. The lowest BCUT2D eigenvalue weighted by Crippen LogP contribution is -2.50. The summed E-state index contributed by atoms with van der Waals surface area (Å²) in [5, 5.41) is 2.96. The Kier molecular flexibility index (Phi) is 8.91. The van der Waals surface area contributed by atoms with Gasteiger partial charge in [0, 0.05) is 12.6 Å². The zero-order chi connectivity index (χ0) is 23.0. The molecule has 0 aliphatic heterocycles. The largest absolute Gasteiger partial charge is 0.497 e. The molecule has 0 radical (unpaired) electrons. The molecule has 0 aliphatic carbocycles. The number of hydrogen-bond donors (Lipinski definition) is 1. The highest BCUT2D eigenvalue weighted by Crippen LogP contribution is 2.18. The molecule has 2 amide bonds. The molecule has 0 spiro atoms. The summed E-state index contributed by atoms with van der Waals surface area (Å²) in [5.41, 5.74) is 3.13. The fraction of sp³-hybridized carbons (Fsp3) is 0.440. The third kappa shape index (κ3) is 7.02. The van der Waals surface area contributed by atoms with Crippen LogP contribution in [0.5, 0.6) is 11.5 Å². The molecule has 168 valence electrons. The van der Waals surface area contributed by atoms with Crippen LogP contribution in [0.15, 0.2) is 42.5 Å². The molecule has 0 saturated heterocycles. The molecule has 2 atom stereocenters. The van der Waals surface area contributed by atoms with Crippen LogP contribution in [-0.2, 0) is 16.1 Å². The molecular weight excluding hydrogens is 392 g/mol. The van der Waals surface area contributed by atoms with Crippen LogP contribution >= 0.6 is 0 Å². The van der Waals surface area contributed by atoms with Crippen LogP contribution < -0.4 is 14.8 Å². The number of amides is 2. The summed E-state index contributed by atoms with van der Waals surface area (Å²) in [7, 11) is 1.60. The molecule has 0 heterocycles. The van der Waals surface area contributed by atoms with E-state index in [1.54, 1.807) is 18.9 Å². The van der Waals surface area contributed by atoms with Crippen LogP contribution in [0.25, 0.3) is 0 Å². The normalized spacial score (nSPS) is 12.6. The maximum Gasteiger partial charge on any atom is 0.261 e. The van der Waals surface area contributed by atoms with Crippen LogP contribution in [0.2, 0.25) is 0 Å². The highest BCUT2D eigenvalue weighted by Gasteiger charge is 2.27. The van der Waals surface area contributed by atoms with Gasteiger partial charge in [-0.05, 0) is 75.1 Å². The second-order valence-corrected chi connectivity index (χ2v) is 7.90. The van der Waals surface area contributed by atoms with Crippen molar-refractivity contribution in [2.75, 3.05) is 13.7 Å². The predicted molar refractivity (Wildman–Crippen MR) is 122 cm³/mol. The Morgan fingerprint density at radius 1 is 1.03 bits per heavy atom. The fourth-order valence-electron chi connectivity index (χ4n) is 3.05. The summed E-state index contributed by atoms with van der Waals surface area (Å²) >= 11 is 0. The number of carbonyl (C=O) groups excluding carboxylic acids is 2. The van der Waals surface area contributed by atoms with Gasteiger partial charge in [0.2, 0.25) is 5.91 Å². The smallest absolute Gasteiger partial charge is 0.261 e. The summed E-state index contributed by atoms with van der Waals surface area (Å²) < 4.78 is 11.0. The number of ether oxygens (including phenoxy) is 2. The minimum absolute atomic E-state index is 0.0375. The first-order valence-corrected chi connectivity index (χ1v) is 10.7. The summed E-state index contributed by atoms with van der Waals surface area (Å²) in [4.78, 5) is 27.4. The average Bonchev–Trinajstić information content (AvgIpc) is 2.77. The molecule has 0 bridgehead atoms. The first-order valence-electron chi connectivity index (χ1n) is 10.7. The lowest BCUT2D eigenvalue weighted by atomic mass is 10.1. The van der Waals surface area contributed by atoms with Crippen LogP contribution in [0, 0.1) is 13.8 Å². The van der Waals surface area contributed by atoms with Gasteiger partial charge in [0.1, 0.15) is 17.5 Å². The molecule has 0 fully saturated rings. The van der Waals surface area contributed by atoms with E-state index in [0.717, 1.165) is 23.1 Å². The van der Waals surface area contributed by atoms with E-state index in [0.29, 0.717) is 11.5 Å². The Hall–Kier alpha value is -3.02. The summed E-state index contributed by atoms with van der Waals surface area (Å²) in [6.45, 7) is 9.85. The van der Waals surface area contributed by atoms with Crippen molar-refractivity contribution in [1.29, 1.82) is 0 Å². The standard InChI is InChI=1S/C25H34N2O4/c1-7-19(4)26-25(29)20(5)27(15-21-9-8-10-22(14-21)30-6)24(28)16-31-23-12-11-17(2)18(3)13-23/h8-14,19-20H,7,15-16H2,1-6H3,(H,26,29)/t19-,20-/m1/s1. The number of rotatable bonds is 10. The quantitative estimate of drug-likeness (QED) is 0.623. The molecule has 2 aromatic carbocycles. The number of aryl methyl sites for hydroxylation is 2. The van der Waals surface area contributed by atoms with E-state index in [9.17, 15) is 9.59 Å². The lowest BCUT2D eigenvalue weighted by molar-refractivity contribution is -0.142. The van der Waals surface area contributed by atoms with Gasteiger partial charge >= 0.3 is 0 Å². The molecule has 2 rings (SSSR count). The maximum atomic E-state index is 13.1. The highest BCUT2D eigenvalue weighted by atomic mass is 16.5. The molecule has 31 heavy (non-hydrogen) atoms. The Morgan fingerprint density at radius 2 is 1.77 bits per heavy atom. The van der Waals surface area contributed by atoms with E-state index >= 15 is 0 Å². The van der Waals surface area contributed by atoms with E-state index in [4.69, 9.17) is 9.47 Å². The van der Waals surface area contributed by atoms with Gasteiger partial charge in [0.25, 0.3) is 5.91 Å². The second-order valence-electron chi connectivity index (χ2n) is 7.90. The van der Waals surface area contributed by atoms with Gasteiger partial charge in [-0.1, -0.05) is 25.1 Å². The molecule has 0 saturated carbocycles. The third-order valence-corrected chi connectivity index (χ3v) is 5.50. The summed E-state index contributed by atoms with van der Waals surface area (Å²) in [5.74, 6) is 0.895. The maximum absolute atomic E-state index is 13.1. The number of nitrogens with zero attached hydrogens (tertiary/aromatic N) is 1. The summed E-state index contributed by atoms with van der Waals surface area (Å²) in [6.07, 6.45) is 0.818. The van der Waals surface area contributed by atoms with Crippen molar-refractivity contribution < 1.29 is 19.1 Å². The lowest BCUT2D eigenvalue weighted by Gasteiger charge is -2.29. The van der Waals surface area contributed by atoms with Crippen LogP contribution in [0.3, 0.4) is 0 Å². The van der Waals surface area contributed by atoms with Gasteiger partial charge in [0.15, 0.2) is 6.61 Å². The first kappa shape index (κ1) is 24.3. The van der Waals surface area contributed by atoms with Crippen LogP contribution in [0.4, 0.5) is 0 Å². The van der Waals surface area contributed by atoms with Gasteiger partial charge in [-0.15, -0.1) is 0 Å². The Balaban J connectivity index is 2.18. The van der Waals surface area contributed by atoms with E-state index < -0.39 is 6.04 Å². The molecular formula is C25H34N2O4. The van der Waals surface area contributed by atoms with Crippen LogP contribution in [0.1, 0.15) is 43.9 Å². The van der Waals surface area contributed by atoms with E-state index in [-0.39, 0.29) is 31.0 Å². The monoisotopic (exact) mass is 426 g/mol. The van der Waals surface area contributed by atoms with Crippen molar-refractivity contribution in [1.82, 2.24) is 10.2 Å². The number of hydrogen-bond acceptors (Lipinski definition) is 4. The zero-order valence-electron chi connectivity index (χ0n) is 19.4. The van der Waals surface area contributed by atoms with Crippen molar-refractivity contribution in [2.45, 2.75) is 59.7 Å². The van der Waals surface area contributed by atoms with Gasteiger partial charge in [0.05, 0.1) is 7.11 Å². The van der Waals surface area contributed by atoms with Crippen molar-refractivity contribution in [3.8, 4) is 11.5 Å². The Labute approximate surface area is 185 Å². The predicted octanol–water partition coefficient (Wildman–Crippen LogP) is 4.02. The SMILES string of the molecule is CC[C@@H](C)NC(=O)[C@@H](C)N(Cc1cccc(OC)c1)C(=O)COc1ccc(C)c(C)c1. The van der Waals surface area contributed by atoms with E-state index in [1.165, 1.54) is 0 Å². The number of methoxy groups -OCH3 is 1. The van der Waals surface area contributed by atoms with Crippen molar-refractivity contribution >= 4 is 11.8 Å². The third-order valence-electron chi connectivity index (χ3n) is 5.50. The summed E-state index contributed by atoms with van der Waals surface area (Å²) in [6, 6.07) is 12.6. The minimum atomic E-state index is -0.643. The Morgan fingerprint density at radius 3 is 2.42 bits per heavy atom. The van der Waals surface area contributed by atoms with Gasteiger partial charge < -0.3 is 19.7 Å². The van der Waals surface area contributed by atoms with Gasteiger partial charge in [-0.3, -0.25) is 9.59 Å². The molecule has 0 unspecified atom stereocenters. The van der Waals surface area contributed by atoms with E-state index in [1.807, 2.05) is 70.2 Å². The molecule has 0 aliphatic rings. The van der Waals surface area contributed by atoms with Crippen molar-refractivity contribution in [3.05, 3.63) is 59.2 Å². The van der Waals surface area contributed by atoms with E-state index in [2.05, 4.69) is 5.32 Å². The van der Waals surface area contributed by atoms with Crippen LogP contribution in [-0.4, -0.2) is 42.5 Å². The van der Waals surface area contributed by atoms with Crippen molar-refractivity contribution in [3.63, 3.8) is 0 Å². The molecule has 1 N–H and O–H groups in total. The first-order chi connectivity index (χ1) is 14.7. The zero-order valence-corrected chi connectivity index (χ0v) is 19.4. The minimum Gasteiger partial charge on any atom is -0.497 e. The topological polar surface area (TPSA) is 67.9 Å². The molecule has 6 nitrogen and oxygen atoms in total. The van der Waals surface area contributed by atoms with Gasteiger partial charge in [-0.2, -0.15) is 0 Å². The van der Waals surface area contributed by atoms with Crippen molar-refractivity contribution in [2.24, 2.45) is 0 Å². The fourth-order valence-corrected chi connectivity index (χ4v) is 3.05. The molecule has 2 aromatic rings. The molecule has 0 aromatic heterocycles. The average molecular weight is 427 g/mol. The number of benzene rings is 2. The second kappa shape index (κ2) is 11.4. The van der Waals surface area contributed by atoms with Gasteiger partial charge in [-0.25, -0.2) is 0 Å². The Bertz CT molecular complexity index is 897. The molecule has 6 heteroatoms. The highest BCUT2D eigenvalue weighted by molar-refractivity contribution is 5.88.